The normalized spacial score (nSPS) is 11.7. The summed E-state index contributed by atoms with van der Waals surface area (Å²) in [4.78, 5) is 0.601. The Hall–Kier alpha value is -1.70. The Kier molecular flexibility index (Phi) is 4.76. The van der Waals surface area contributed by atoms with Crippen molar-refractivity contribution in [3.63, 3.8) is 0 Å². The fraction of sp³-hybridized carbons (Fsp3) is 0.214. The lowest BCUT2D eigenvalue weighted by Crippen LogP contribution is -2.26. The molecule has 0 amide bonds. The maximum atomic E-state index is 12.4. The van der Waals surface area contributed by atoms with Crippen LogP contribution in [0.3, 0.4) is 0 Å². The van der Waals surface area contributed by atoms with Crippen LogP contribution in [0.1, 0.15) is 11.3 Å². The quantitative estimate of drug-likeness (QED) is 0.822. The molecule has 0 radical (unpaired) electrons. The molecule has 2 rings (SSSR count). The van der Waals surface area contributed by atoms with Gasteiger partial charge in [-0.3, -0.25) is 0 Å². The first kappa shape index (κ1) is 15.7. The molecule has 2 aromatic rings. The molecule has 7 heteroatoms. The van der Waals surface area contributed by atoms with Gasteiger partial charge in [-0.25, -0.2) is 8.42 Å². The molecule has 0 unspecified atom stereocenters. The van der Waals surface area contributed by atoms with E-state index < -0.39 is 10.0 Å². The standard InChI is InChI=1S/C14H16N2O3S2/c1-16(10-12-3-2-8-19-12)21(17,18)13-6-4-11(5-7-13)9-14(15)20/h2-8H,9-10H2,1H3,(H2,15,20). The second-order valence-corrected chi connectivity index (χ2v) is 7.20. The average Bonchev–Trinajstić information content (AvgIpc) is 2.91. The third-order valence-electron chi connectivity index (χ3n) is 2.97. The van der Waals surface area contributed by atoms with Gasteiger partial charge >= 0.3 is 0 Å². The Bertz CT molecular complexity index is 707. The van der Waals surface area contributed by atoms with Crippen LogP contribution in [0.5, 0.6) is 0 Å². The molecule has 0 spiro atoms. The molecule has 1 aromatic heterocycles. The van der Waals surface area contributed by atoms with Crippen LogP contribution in [0.15, 0.2) is 52.0 Å². The van der Waals surface area contributed by atoms with E-state index in [2.05, 4.69) is 0 Å². The van der Waals surface area contributed by atoms with Gasteiger partial charge in [0.05, 0.1) is 22.7 Å². The van der Waals surface area contributed by atoms with E-state index in [0.717, 1.165) is 5.56 Å². The minimum Gasteiger partial charge on any atom is -0.468 e. The summed E-state index contributed by atoms with van der Waals surface area (Å²) in [5, 5.41) is 0. The van der Waals surface area contributed by atoms with Crippen molar-refractivity contribution in [3.05, 3.63) is 54.0 Å². The van der Waals surface area contributed by atoms with E-state index in [0.29, 0.717) is 17.2 Å². The molecule has 0 aliphatic rings. The van der Waals surface area contributed by atoms with E-state index in [4.69, 9.17) is 22.4 Å². The first-order chi connectivity index (χ1) is 9.89. The zero-order valence-electron chi connectivity index (χ0n) is 11.5. The first-order valence-corrected chi connectivity index (χ1v) is 8.10. The summed E-state index contributed by atoms with van der Waals surface area (Å²) in [6.07, 6.45) is 1.97. The predicted octanol–water partition coefficient (Wildman–Crippen LogP) is 1.93. The second kappa shape index (κ2) is 6.38. The molecule has 0 atom stereocenters. The van der Waals surface area contributed by atoms with Crippen molar-refractivity contribution in [2.45, 2.75) is 17.9 Å². The fourth-order valence-corrected chi connectivity index (χ4v) is 3.17. The highest BCUT2D eigenvalue weighted by molar-refractivity contribution is 7.89. The van der Waals surface area contributed by atoms with Crippen molar-refractivity contribution in [2.24, 2.45) is 5.73 Å². The number of hydrogen-bond donors (Lipinski definition) is 1. The van der Waals surface area contributed by atoms with Crippen LogP contribution < -0.4 is 5.73 Å². The smallest absolute Gasteiger partial charge is 0.243 e. The molecular weight excluding hydrogens is 308 g/mol. The van der Waals surface area contributed by atoms with Crippen molar-refractivity contribution in [3.8, 4) is 0 Å². The van der Waals surface area contributed by atoms with Gasteiger partial charge in [0.2, 0.25) is 10.0 Å². The SMILES string of the molecule is CN(Cc1ccco1)S(=O)(=O)c1ccc(CC(N)=S)cc1. The lowest BCUT2D eigenvalue weighted by molar-refractivity contribution is 0.406. The maximum Gasteiger partial charge on any atom is 0.243 e. The molecular formula is C14H16N2O3S2. The molecule has 0 aliphatic carbocycles. The molecule has 1 aromatic carbocycles. The Morgan fingerprint density at radius 2 is 1.95 bits per heavy atom. The fourth-order valence-electron chi connectivity index (χ4n) is 1.87. The Morgan fingerprint density at radius 1 is 1.29 bits per heavy atom. The van der Waals surface area contributed by atoms with E-state index in [1.54, 1.807) is 36.4 Å². The Labute approximate surface area is 129 Å². The van der Waals surface area contributed by atoms with Gasteiger partial charge in [0, 0.05) is 13.5 Å². The topological polar surface area (TPSA) is 76.5 Å². The first-order valence-electron chi connectivity index (χ1n) is 6.25. The summed E-state index contributed by atoms with van der Waals surface area (Å²) in [5.74, 6) is 0.589. The largest absolute Gasteiger partial charge is 0.468 e. The number of sulfonamides is 1. The number of rotatable bonds is 6. The van der Waals surface area contributed by atoms with E-state index >= 15 is 0 Å². The van der Waals surface area contributed by atoms with E-state index in [1.807, 2.05) is 0 Å². The lowest BCUT2D eigenvalue weighted by atomic mass is 10.1. The number of benzene rings is 1. The minimum atomic E-state index is -3.55. The van der Waals surface area contributed by atoms with Crippen LogP contribution in [0.25, 0.3) is 0 Å². The van der Waals surface area contributed by atoms with Crippen LogP contribution >= 0.6 is 12.2 Å². The van der Waals surface area contributed by atoms with Gasteiger partial charge in [0.25, 0.3) is 0 Å². The molecule has 21 heavy (non-hydrogen) atoms. The zero-order valence-corrected chi connectivity index (χ0v) is 13.2. The van der Waals surface area contributed by atoms with E-state index in [-0.39, 0.29) is 11.4 Å². The number of furan rings is 1. The number of nitrogens with two attached hydrogens (primary N) is 1. The van der Waals surface area contributed by atoms with Gasteiger partial charge in [-0.2, -0.15) is 4.31 Å². The summed E-state index contributed by atoms with van der Waals surface area (Å²) in [6.45, 7) is 0.184. The third-order valence-corrected chi connectivity index (χ3v) is 4.93. The average molecular weight is 324 g/mol. The monoisotopic (exact) mass is 324 g/mol. The molecule has 0 fully saturated rings. The molecule has 1 heterocycles. The molecule has 0 saturated carbocycles. The molecule has 5 nitrogen and oxygen atoms in total. The van der Waals surface area contributed by atoms with Crippen molar-refractivity contribution < 1.29 is 12.8 Å². The van der Waals surface area contributed by atoms with Gasteiger partial charge in [-0.05, 0) is 29.8 Å². The third kappa shape index (κ3) is 3.90. The number of thiocarbonyl (C=S) groups is 1. The highest BCUT2D eigenvalue weighted by atomic mass is 32.2. The van der Waals surface area contributed by atoms with Crippen LogP contribution in [0.2, 0.25) is 0 Å². The summed E-state index contributed by atoms with van der Waals surface area (Å²) in [7, 11) is -2.04. The van der Waals surface area contributed by atoms with Crippen LogP contribution in [-0.4, -0.2) is 24.8 Å². The highest BCUT2D eigenvalue weighted by Gasteiger charge is 2.21. The highest BCUT2D eigenvalue weighted by Crippen LogP contribution is 2.18. The van der Waals surface area contributed by atoms with E-state index in [9.17, 15) is 8.42 Å². The van der Waals surface area contributed by atoms with Gasteiger partial charge in [-0.1, -0.05) is 24.4 Å². The summed E-state index contributed by atoms with van der Waals surface area (Å²) >= 11 is 4.83. The van der Waals surface area contributed by atoms with Crippen molar-refractivity contribution in [1.82, 2.24) is 4.31 Å². The van der Waals surface area contributed by atoms with Gasteiger partial charge in [0.15, 0.2) is 0 Å². The predicted molar refractivity (Wildman–Crippen MR) is 84.3 cm³/mol. The maximum absolute atomic E-state index is 12.4. The van der Waals surface area contributed by atoms with Gasteiger partial charge < -0.3 is 10.2 Å². The van der Waals surface area contributed by atoms with Gasteiger partial charge in [0.1, 0.15) is 5.76 Å². The molecule has 0 bridgehead atoms. The Morgan fingerprint density at radius 3 is 2.48 bits per heavy atom. The van der Waals surface area contributed by atoms with Crippen LogP contribution in [0.4, 0.5) is 0 Å². The second-order valence-electron chi connectivity index (χ2n) is 4.63. The number of nitrogens with zero attached hydrogens (tertiary/aromatic N) is 1. The van der Waals surface area contributed by atoms with E-state index in [1.165, 1.54) is 17.6 Å². The molecule has 112 valence electrons. The van der Waals surface area contributed by atoms with Crippen LogP contribution in [0, 0.1) is 0 Å². The molecule has 0 saturated heterocycles. The Balaban J connectivity index is 2.16. The summed E-state index contributed by atoms with van der Waals surface area (Å²) in [5.41, 5.74) is 6.35. The van der Waals surface area contributed by atoms with Crippen LogP contribution in [-0.2, 0) is 23.0 Å². The summed E-state index contributed by atoms with van der Waals surface area (Å²) in [6, 6.07) is 10.0. The summed E-state index contributed by atoms with van der Waals surface area (Å²) < 4.78 is 31.3. The minimum absolute atomic E-state index is 0.184. The van der Waals surface area contributed by atoms with Crippen molar-refractivity contribution >= 4 is 27.2 Å². The van der Waals surface area contributed by atoms with Gasteiger partial charge in [-0.15, -0.1) is 0 Å². The van der Waals surface area contributed by atoms with Crippen molar-refractivity contribution in [2.75, 3.05) is 7.05 Å². The lowest BCUT2D eigenvalue weighted by Gasteiger charge is -2.16. The molecule has 2 N–H and O–H groups in total. The van der Waals surface area contributed by atoms with Crippen molar-refractivity contribution in [1.29, 1.82) is 0 Å². The molecule has 0 aliphatic heterocycles. The number of hydrogen-bond acceptors (Lipinski definition) is 4. The zero-order chi connectivity index (χ0) is 15.5.